The van der Waals surface area contributed by atoms with Gasteiger partial charge in [0, 0.05) is 22.9 Å². The number of thioether (sulfide) groups is 1. The van der Waals surface area contributed by atoms with Crippen LogP contribution in [0.2, 0.25) is 0 Å². The summed E-state index contributed by atoms with van der Waals surface area (Å²) in [7, 11) is 0. The molecule has 2 atom stereocenters. The van der Waals surface area contributed by atoms with E-state index >= 15 is 4.39 Å². The zero-order valence-corrected chi connectivity index (χ0v) is 23.3. The molecule has 3 heterocycles. The van der Waals surface area contributed by atoms with Gasteiger partial charge in [0.2, 0.25) is 5.91 Å². The Balaban J connectivity index is 0.000000331. The molecule has 3 aromatic heterocycles. The maximum Gasteiger partial charge on any atom is 0.490 e. The fourth-order valence-electron chi connectivity index (χ4n) is 3.75. The van der Waals surface area contributed by atoms with Crippen LogP contribution in [0.5, 0.6) is 0 Å². The van der Waals surface area contributed by atoms with E-state index in [4.69, 9.17) is 24.9 Å². The Morgan fingerprint density at radius 2 is 1.67 bits per heavy atom. The maximum atomic E-state index is 15.2. The molecule has 0 bridgehead atoms. The number of carboxylic acid groups (broad SMARTS) is 2. The summed E-state index contributed by atoms with van der Waals surface area (Å²) in [5, 5.41) is 33.8. The average Bonchev–Trinajstić information content (AvgIpc) is 3.29. The molecule has 0 aliphatic heterocycles. The highest BCUT2D eigenvalue weighted by atomic mass is 32.2. The van der Waals surface area contributed by atoms with Crippen LogP contribution in [0.4, 0.5) is 40.9 Å². The summed E-state index contributed by atoms with van der Waals surface area (Å²) in [6.45, 7) is 1.66. The summed E-state index contributed by atoms with van der Waals surface area (Å²) >= 11 is 1.24. The summed E-state index contributed by atoms with van der Waals surface area (Å²) in [6.07, 6.45) is -5.87. The lowest BCUT2D eigenvalue weighted by Crippen LogP contribution is -2.21. The molecular formula is C25H21F8N5O6S. The molecule has 1 aliphatic carbocycles. The first-order valence-corrected chi connectivity index (χ1v) is 13.3. The van der Waals surface area contributed by atoms with Gasteiger partial charge < -0.3 is 25.0 Å². The number of anilines is 1. The number of aromatic nitrogens is 4. The van der Waals surface area contributed by atoms with Gasteiger partial charge in [-0.1, -0.05) is 0 Å². The third kappa shape index (κ3) is 8.59. The number of halogens is 8. The number of aliphatic hydroxyl groups is 1. The smallest absolute Gasteiger partial charge is 0.475 e. The predicted octanol–water partition coefficient (Wildman–Crippen LogP) is 4.97. The number of aliphatic carboxylic acids is 2. The first-order valence-electron chi connectivity index (χ1n) is 12.3. The lowest BCUT2D eigenvalue weighted by atomic mass is 9.97. The van der Waals surface area contributed by atoms with Gasteiger partial charge in [-0.3, -0.25) is 9.89 Å². The van der Waals surface area contributed by atoms with E-state index in [2.05, 4.69) is 20.5 Å². The fourth-order valence-corrected chi connectivity index (χ4v) is 4.63. The Hall–Kier alpha value is -4.46. The van der Waals surface area contributed by atoms with Crippen LogP contribution in [0.3, 0.4) is 0 Å². The van der Waals surface area contributed by atoms with Crippen molar-refractivity contribution in [3.05, 3.63) is 42.1 Å². The second-order valence-corrected chi connectivity index (χ2v) is 10.2. The summed E-state index contributed by atoms with van der Waals surface area (Å²) in [5.41, 5.74) is 3.12. The zero-order valence-electron chi connectivity index (χ0n) is 22.5. The van der Waals surface area contributed by atoms with E-state index in [0.717, 1.165) is 10.9 Å². The monoisotopic (exact) mass is 671 g/mol. The highest BCUT2D eigenvalue weighted by Gasteiger charge is 2.44. The number of carbonyl (C=O) groups is 3. The number of H-pyrrole nitrogens is 1. The number of hydrogen-bond donors (Lipinski definition) is 5. The van der Waals surface area contributed by atoms with Crippen molar-refractivity contribution in [3.63, 3.8) is 0 Å². The second-order valence-electron chi connectivity index (χ2n) is 9.14. The van der Waals surface area contributed by atoms with Crippen molar-refractivity contribution in [1.82, 2.24) is 19.6 Å². The number of hydrogen-bond acceptors (Lipinski definition) is 7. The number of nitrogens with one attached hydrogen (secondary N) is 2. The Morgan fingerprint density at radius 3 is 2.18 bits per heavy atom. The van der Waals surface area contributed by atoms with E-state index in [9.17, 15) is 35.5 Å². The SMILES string of the molecule is Cc1c(F)c(SCCO)c2[nH]ncc2c1-c1ccc2nc(NC(=O)[C@@H]3C[C@@H]3F)cn2c1.O=C(O)C(F)(F)F.O=C(O)C(F)(F)F. The van der Waals surface area contributed by atoms with Crippen LogP contribution in [-0.4, -0.2) is 83.6 Å². The number of alkyl halides is 7. The van der Waals surface area contributed by atoms with Gasteiger partial charge in [-0.15, -0.1) is 11.8 Å². The molecular weight excluding hydrogens is 650 g/mol. The number of benzene rings is 1. The van der Waals surface area contributed by atoms with Gasteiger partial charge in [-0.2, -0.15) is 31.4 Å². The van der Waals surface area contributed by atoms with Gasteiger partial charge in [0.25, 0.3) is 0 Å². The molecule has 0 radical (unpaired) electrons. The first kappa shape index (κ1) is 35.0. The second kappa shape index (κ2) is 13.7. The molecule has 0 spiro atoms. The topological polar surface area (TPSA) is 170 Å². The van der Waals surface area contributed by atoms with Crippen molar-refractivity contribution in [2.75, 3.05) is 17.7 Å². The molecule has 4 aromatic rings. The minimum absolute atomic E-state index is 0.0521. The van der Waals surface area contributed by atoms with E-state index in [-0.39, 0.29) is 24.8 Å². The van der Waals surface area contributed by atoms with Gasteiger partial charge >= 0.3 is 24.3 Å². The molecule has 1 aliphatic rings. The van der Waals surface area contributed by atoms with Crippen LogP contribution >= 0.6 is 11.8 Å². The Kier molecular flexibility index (Phi) is 10.6. The molecule has 11 nitrogen and oxygen atoms in total. The van der Waals surface area contributed by atoms with Gasteiger partial charge in [0.05, 0.1) is 35.3 Å². The van der Waals surface area contributed by atoms with Crippen LogP contribution in [-0.2, 0) is 14.4 Å². The quantitative estimate of drug-likeness (QED) is 0.140. The van der Waals surface area contributed by atoms with Crippen LogP contribution in [0.25, 0.3) is 27.7 Å². The average molecular weight is 672 g/mol. The zero-order chi connectivity index (χ0) is 33.9. The van der Waals surface area contributed by atoms with Gasteiger partial charge in [0.1, 0.15) is 17.6 Å². The van der Waals surface area contributed by atoms with Gasteiger partial charge in [-0.05, 0) is 36.6 Å². The van der Waals surface area contributed by atoms with Crippen molar-refractivity contribution in [2.45, 2.75) is 36.8 Å². The third-order valence-electron chi connectivity index (χ3n) is 5.90. The molecule has 5 rings (SSSR count). The maximum absolute atomic E-state index is 15.2. The summed E-state index contributed by atoms with van der Waals surface area (Å²) in [4.78, 5) is 34.6. The molecule has 1 amide bonds. The van der Waals surface area contributed by atoms with E-state index < -0.39 is 36.4 Å². The minimum atomic E-state index is -5.08. The number of amides is 1. The molecule has 244 valence electrons. The van der Waals surface area contributed by atoms with Crippen LogP contribution < -0.4 is 5.32 Å². The molecule has 0 saturated heterocycles. The van der Waals surface area contributed by atoms with Gasteiger partial charge in [-0.25, -0.2) is 23.4 Å². The van der Waals surface area contributed by atoms with Crippen molar-refractivity contribution in [3.8, 4) is 11.1 Å². The highest BCUT2D eigenvalue weighted by molar-refractivity contribution is 7.99. The van der Waals surface area contributed by atoms with Crippen molar-refractivity contribution >= 4 is 52.0 Å². The normalized spacial score (nSPS) is 16.0. The summed E-state index contributed by atoms with van der Waals surface area (Å²) in [6, 6.07) is 3.61. The molecule has 1 fully saturated rings. The predicted molar refractivity (Wildman–Crippen MR) is 142 cm³/mol. The Labute approximate surface area is 250 Å². The van der Waals surface area contributed by atoms with Crippen molar-refractivity contribution in [1.29, 1.82) is 0 Å². The molecule has 1 aromatic carbocycles. The third-order valence-corrected chi connectivity index (χ3v) is 6.96. The number of aliphatic hydroxyl groups excluding tert-OH is 1. The lowest BCUT2D eigenvalue weighted by molar-refractivity contribution is -0.193. The number of nitrogens with zero attached hydrogens (tertiary/aromatic N) is 3. The van der Waals surface area contributed by atoms with Gasteiger partial charge in [0.15, 0.2) is 5.82 Å². The number of carboxylic acids is 2. The number of rotatable bonds is 6. The number of carbonyl (C=O) groups excluding carboxylic acids is 1. The van der Waals surface area contributed by atoms with E-state index in [0.29, 0.717) is 38.8 Å². The number of pyridine rings is 1. The molecule has 45 heavy (non-hydrogen) atoms. The van der Waals surface area contributed by atoms with Crippen LogP contribution in [0, 0.1) is 18.7 Å². The van der Waals surface area contributed by atoms with E-state index in [1.165, 1.54) is 11.8 Å². The summed E-state index contributed by atoms with van der Waals surface area (Å²) < 4.78 is 93.5. The largest absolute Gasteiger partial charge is 0.490 e. The Morgan fingerprint density at radius 1 is 1.09 bits per heavy atom. The number of aromatic amines is 1. The highest BCUT2D eigenvalue weighted by Crippen LogP contribution is 2.40. The summed E-state index contributed by atoms with van der Waals surface area (Å²) in [5.74, 6) is -6.11. The van der Waals surface area contributed by atoms with E-state index in [1.807, 2.05) is 12.3 Å². The lowest BCUT2D eigenvalue weighted by Gasteiger charge is -2.13. The molecule has 20 heteroatoms. The van der Waals surface area contributed by atoms with Crippen molar-refractivity contribution in [2.24, 2.45) is 5.92 Å². The molecule has 1 saturated carbocycles. The van der Waals surface area contributed by atoms with Crippen LogP contribution in [0.15, 0.2) is 35.6 Å². The molecule has 5 N–H and O–H groups in total. The van der Waals surface area contributed by atoms with Crippen molar-refractivity contribution < 1.29 is 64.8 Å². The number of imidazole rings is 1. The van der Waals surface area contributed by atoms with E-state index in [1.54, 1.807) is 29.8 Å². The van der Waals surface area contributed by atoms with Crippen LogP contribution in [0.1, 0.15) is 12.0 Å². The number of fused-ring (bicyclic) bond motifs is 2. The fraction of sp³-hybridized carbons (Fsp3) is 0.320. The first-order chi connectivity index (χ1) is 20.9. The standard InChI is InChI=1S/C21H19F2N5O2S.2C2HF3O2/c1-10-17(13-7-24-27-19(13)20(18(10)23)31-5-4-29)11-2-3-16-25-15(9-28(16)8-11)26-21(30)12-6-14(12)22;2*3-2(4,5)1(6)7/h2-3,7-9,12,14,29H,4-6H2,1H3,(H,24,27)(H,26,30);2*(H,6,7)/t12-,14+;;/m1../s1. The minimum Gasteiger partial charge on any atom is -0.475 e. The molecule has 0 unspecified atom stereocenters. The Bertz CT molecular complexity index is 1700.